The number of amides is 1. The van der Waals surface area contributed by atoms with Crippen LogP contribution in [0.25, 0.3) is 0 Å². The molecule has 24 heavy (non-hydrogen) atoms. The van der Waals surface area contributed by atoms with Crippen molar-refractivity contribution in [1.82, 2.24) is 9.88 Å². The first-order valence-corrected chi connectivity index (χ1v) is 8.95. The van der Waals surface area contributed by atoms with Crippen LogP contribution in [0.3, 0.4) is 0 Å². The second-order valence-electron chi connectivity index (χ2n) is 6.64. The van der Waals surface area contributed by atoms with Crippen LogP contribution < -0.4 is 0 Å². The summed E-state index contributed by atoms with van der Waals surface area (Å²) in [7, 11) is 0. The molecule has 2 heterocycles. The summed E-state index contributed by atoms with van der Waals surface area (Å²) in [4.78, 5) is 19.6. The van der Waals surface area contributed by atoms with Gasteiger partial charge in [0.2, 0.25) is 5.91 Å². The van der Waals surface area contributed by atoms with Crippen LogP contribution in [-0.2, 0) is 11.2 Å². The molecule has 3 nitrogen and oxygen atoms in total. The van der Waals surface area contributed by atoms with Gasteiger partial charge in [0.25, 0.3) is 0 Å². The Morgan fingerprint density at radius 1 is 1.21 bits per heavy atom. The van der Waals surface area contributed by atoms with Crippen molar-refractivity contribution >= 4 is 17.5 Å². The number of piperidine rings is 1. The molecule has 0 N–H and O–H groups in total. The van der Waals surface area contributed by atoms with E-state index in [1.54, 1.807) is 6.20 Å². The molecule has 1 aliphatic heterocycles. The van der Waals surface area contributed by atoms with Gasteiger partial charge < -0.3 is 4.90 Å². The van der Waals surface area contributed by atoms with Gasteiger partial charge in [-0.2, -0.15) is 0 Å². The highest BCUT2D eigenvalue weighted by Crippen LogP contribution is 2.27. The van der Waals surface area contributed by atoms with Crippen molar-refractivity contribution in [3.05, 3.63) is 64.9 Å². The SMILES string of the molecule is CC1CCN(C(=O)C(Cc2ccccn2)c2ccc(Cl)cc2)CC1. The molecule has 126 valence electrons. The lowest BCUT2D eigenvalue weighted by molar-refractivity contribution is -0.134. The monoisotopic (exact) mass is 342 g/mol. The van der Waals surface area contributed by atoms with Gasteiger partial charge in [-0.15, -0.1) is 0 Å². The number of aromatic nitrogens is 1. The van der Waals surface area contributed by atoms with Crippen LogP contribution >= 0.6 is 11.6 Å². The van der Waals surface area contributed by atoms with Gasteiger partial charge in [-0.3, -0.25) is 9.78 Å². The summed E-state index contributed by atoms with van der Waals surface area (Å²) in [6.45, 7) is 3.96. The summed E-state index contributed by atoms with van der Waals surface area (Å²) in [6, 6.07) is 13.5. The van der Waals surface area contributed by atoms with Gasteiger partial charge >= 0.3 is 0 Å². The van der Waals surface area contributed by atoms with Crippen molar-refractivity contribution in [3.63, 3.8) is 0 Å². The second-order valence-corrected chi connectivity index (χ2v) is 7.07. The minimum atomic E-state index is -0.203. The second kappa shape index (κ2) is 7.80. The van der Waals surface area contributed by atoms with Crippen LogP contribution in [0, 0.1) is 5.92 Å². The van der Waals surface area contributed by atoms with E-state index in [1.165, 1.54) is 0 Å². The van der Waals surface area contributed by atoms with E-state index in [0.29, 0.717) is 17.4 Å². The molecule has 0 spiro atoms. The molecule has 1 aromatic carbocycles. The number of hydrogen-bond donors (Lipinski definition) is 0. The van der Waals surface area contributed by atoms with Crippen LogP contribution in [0.1, 0.15) is 36.9 Å². The zero-order valence-electron chi connectivity index (χ0n) is 14.0. The standard InChI is InChI=1S/C20H23ClN2O/c1-15-9-12-23(13-10-15)20(24)19(14-18-4-2-3-11-22-18)16-5-7-17(21)8-6-16/h2-8,11,15,19H,9-10,12-14H2,1H3. The quantitative estimate of drug-likeness (QED) is 0.829. The summed E-state index contributed by atoms with van der Waals surface area (Å²) in [5, 5.41) is 0.689. The summed E-state index contributed by atoms with van der Waals surface area (Å²) < 4.78 is 0. The Hall–Kier alpha value is -1.87. The van der Waals surface area contributed by atoms with Gasteiger partial charge in [0.1, 0.15) is 0 Å². The number of carbonyl (C=O) groups excluding carboxylic acids is 1. The Bertz CT molecular complexity index is 664. The van der Waals surface area contributed by atoms with Gasteiger partial charge in [0.05, 0.1) is 5.92 Å². The maximum atomic E-state index is 13.2. The highest BCUT2D eigenvalue weighted by Gasteiger charge is 2.28. The molecule has 1 fully saturated rings. The Kier molecular flexibility index (Phi) is 5.52. The first kappa shape index (κ1) is 17.0. The number of rotatable bonds is 4. The molecule has 1 aliphatic rings. The lowest BCUT2D eigenvalue weighted by atomic mass is 9.90. The smallest absolute Gasteiger partial charge is 0.230 e. The number of carbonyl (C=O) groups is 1. The largest absolute Gasteiger partial charge is 0.342 e. The fourth-order valence-corrected chi connectivity index (χ4v) is 3.35. The Morgan fingerprint density at radius 3 is 2.54 bits per heavy atom. The van der Waals surface area contributed by atoms with Crippen LogP contribution in [-0.4, -0.2) is 28.9 Å². The zero-order valence-corrected chi connectivity index (χ0v) is 14.7. The first-order valence-electron chi connectivity index (χ1n) is 8.57. The maximum absolute atomic E-state index is 13.2. The fourth-order valence-electron chi connectivity index (χ4n) is 3.22. The van der Waals surface area contributed by atoms with Gasteiger partial charge in [-0.1, -0.05) is 36.7 Å². The lowest BCUT2D eigenvalue weighted by Gasteiger charge is -2.33. The zero-order chi connectivity index (χ0) is 16.9. The van der Waals surface area contributed by atoms with Crippen molar-refractivity contribution in [3.8, 4) is 0 Å². The van der Waals surface area contributed by atoms with E-state index in [2.05, 4.69) is 11.9 Å². The number of likely N-dealkylation sites (tertiary alicyclic amines) is 1. The fraction of sp³-hybridized carbons (Fsp3) is 0.400. The van der Waals surface area contributed by atoms with Gasteiger partial charge in [-0.05, 0) is 48.6 Å². The normalized spacial score (nSPS) is 16.8. The molecular weight excluding hydrogens is 320 g/mol. The molecule has 1 amide bonds. The number of pyridine rings is 1. The summed E-state index contributed by atoms with van der Waals surface area (Å²) in [5.41, 5.74) is 1.95. The van der Waals surface area contributed by atoms with E-state index >= 15 is 0 Å². The molecule has 2 aromatic rings. The molecule has 1 aromatic heterocycles. The molecule has 0 radical (unpaired) electrons. The van der Waals surface area contributed by atoms with Gasteiger partial charge in [-0.25, -0.2) is 0 Å². The summed E-state index contributed by atoms with van der Waals surface area (Å²) in [6.07, 6.45) is 4.57. The van der Waals surface area contributed by atoms with Crippen molar-refractivity contribution in [2.75, 3.05) is 13.1 Å². The van der Waals surface area contributed by atoms with E-state index in [4.69, 9.17) is 11.6 Å². The lowest BCUT2D eigenvalue weighted by Crippen LogP contribution is -2.41. The number of nitrogens with zero attached hydrogens (tertiary/aromatic N) is 2. The molecule has 1 unspecified atom stereocenters. The average Bonchev–Trinajstić information content (AvgIpc) is 2.62. The van der Waals surface area contributed by atoms with Crippen molar-refractivity contribution < 1.29 is 4.79 Å². The van der Waals surface area contributed by atoms with Crippen molar-refractivity contribution in [2.24, 2.45) is 5.92 Å². The van der Waals surface area contributed by atoms with E-state index in [9.17, 15) is 4.79 Å². The predicted octanol–water partition coefficient (Wildman–Crippen LogP) is 4.32. The minimum Gasteiger partial charge on any atom is -0.342 e. The van der Waals surface area contributed by atoms with Crippen LogP contribution in [0.15, 0.2) is 48.7 Å². The maximum Gasteiger partial charge on any atom is 0.230 e. The van der Waals surface area contributed by atoms with Crippen LogP contribution in [0.2, 0.25) is 5.02 Å². The summed E-state index contributed by atoms with van der Waals surface area (Å²) >= 11 is 6.01. The minimum absolute atomic E-state index is 0.203. The number of hydrogen-bond acceptors (Lipinski definition) is 2. The van der Waals surface area contributed by atoms with Crippen molar-refractivity contribution in [1.29, 1.82) is 0 Å². The number of halogens is 1. The highest BCUT2D eigenvalue weighted by atomic mass is 35.5. The van der Waals surface area contributed by atoms with Gasteiger partial charge in [0.15, 0.2) is 0 Å². The summed E-state index contributed by atoms with van der Waals surface area (Å²) in [5.74, 6) is 0.708. The first-order chi connectivity index (χ1) is 11.6. The van der Waals surface area contributed by atoms with Gasteiger partial charge in [0, 0.05) is 36.4 Å². The van der Waals surface area contributed by atoms with E-state index in [0.717, 1.165) is 37.2 Å². The Balaban J connectivity index is 1.83. The van der Waals surface area contributed by atoms with E-state index in [-0.39, 0.29) is 11.8 Å². The molecule has 1 saturated heterocycles. The molecule has 0 saturated carbocycles. The third-order valence-corrected chi connectivity index (χ3v) is 5.06. The topological polar surface area (TPSA) is 33.2 Å². The van der Waals surface area contributed by atoms with Crippen molar-refractivity contribution in [2.45, 2.75) is 32.1 Å². The van der Waals surface area contributed by atoms with Crippen LogP contribution in [0.4, 0.5) is 0 Å². The number of benzene rings is 1. The molecular formula is C20H23ClN2O. The van der Waals surface area contributed by atoms with Crippen LogP contribution in [0.5, 0.6) is 0 Å². The average molecular weight is 343 g/mol. The molecule has 1 atom stereocenters. The molecule has 0 bridgehead atoms. The Morgan fingerprint density at radius 2 is 1.92 bits per heavy atom. The highest BCUT2D eigenvalue weighted by molar-refractivity contribution is 6.30. The molecule has 4 heteroatoms. The third kappa shape index (κ3) is 4.15. The third-order valence-electron chi connectivity index (χ3n) is 4.81. The molecule has 0 aliphatic carbocycles. The molecule has 3 rings (SSSR count). The predicted molar refractivity (Wildman–Crippen MR) is 97.1 cm³/mol. The van der Waals surface area contributed by atoms with E-state index in [1.807, 2.05) is 47.4 Å². The Labute approximate surface area is 148 Å². The van der Waals surface area contributed by atoms with E-state index < -0.39 is 0 Å².